The van der Waals surface area contributed by atoms with Crippen molar-refractivity contribution in [2.24, 2.45) is 0 Å². The summed E-state index contributed by atoms with van der Waals surface area (Å²) in [7, 11) is 2.23. The fourth-order valence-electron chi connectivity index (χ4n) is 4.42. The molecule has 1 aromatic heterocycles. The highest BCUT2D eigenvalue weighted by Crippen LogP contribution is 2.41. The van der Waals surface area contributed by atoms with E-state index in [0.29, 0.717) is 23.9 Å². The van der Waals surface area contributed by atoms with Gasteiger partial charge in [-0.2, -0.15) is 0 Å². The number of nitrogens with zero attached hydrogens (tertiary/aromatic N) is 2. The third-order valence-corrected chi connectivity index (χ3v) is 6.46. The monoisotopic (exact) mass is 392 g/mol. The van der Waals surface area contributed by atoms with Crippen LogP contribution in [0.5, 0.6) is 5.75 Å². The number of aromatic nitrogens is 1. The lowest BCUT2D eigenvalue weighted by Crippen LogP contribution is -2.29. The first-order valence-electron chi connectivity index (χ1n) is 11.4. The largest absolute Gasteiger partial charge is 0.489 e. The molecule has 2 heterocycles. The maximum Gasteiger partial charge on any atom is 0.138 e. The molecule has 3 nitrogen and oxygen atoms in total. The summed E-state index contributed by atoms with van der Waals surface area (Å²) in [5.41, 5.74) is 6.73. The Morgan fingerprint density at radius 3 is 2.28 bits per heavy atom. The van der Waals surface area contributed by atoms with Gasteiger partial charge in [-0.3, -0.25) is 4.98 Å². The van der Waals surface area contributed by atoms with Crippen LogP contribution >= 0.6 is 0 Å². The summed E-state index contributed by atoms with van der Waals surface area (Å²) < 4.78 is 6.13. The van der Waals surface area contributed by atoms with Gasteiger partial charge in [0, 0.05) is 5.56 Å². The number of hydrogen-bond donors (Lipinski definition) is 0. The second-order valence-electron chi connectivity index (χ2n) is 9.65. The number of piperidine rings is 1. The molecule has 0 bridgehead atoms. The van der Waals surface area contributed by atoms with E-state index in [1.165, 1.54) is 66.7 Å². The summed E-state index contributed by atoms with van der Waals surface area (Å²) >= 11 is 0. The number of likely N-dealkylation sites (tertiary alicyclic amines) is 1. The first kappa shape index (κ1) is 20.4. The molecule has 2 aromatic rings. The Bertz CT molecular complexity index is 846. The lowest BCUT2D eigenvalue weighted by atomic mass is 9.82. The van der Waals surface area contributed by atoms with Gasteiger partial charge in [0.25, 0.3) is 0 Å². The van der Waals surface area contributed by atoms with Crippen LogP contribution in [-0.4, -0.2) is 36.1 Å². The van der Waals surface area contributed by atoms with Crippen LogP contribution in [0.1, 0.15) is 88.0 Å². The van der Waals surface area contributed by atoms with Gasteiger partial charge in [0.2, 0.25) is 0 Å². The van der Waals surface area contributed by atoms with E-state index in [9.17, 15) is 0 Å². The number of pyridine rings is 1. The fraction of sp³-hybridized carbons (Fsp3) is 0.577. The van der Waals surface area contributed by atoms with Crippen LogP contribution in [0.3, 0.4) is 0 Å². The van der Waals surface area contributed by atoms with E-state index in [0.717, 1.165) is 5.75 Å². The molecule has 0 radical (unpaired) electrons. The Hall–Kier alpha value is -1.87. The van der Waals surface area contributed by atoms with Crippen molar-refractivity contribution < 1.29 is 4.74 Å². The molecule has 0 unspecified atom stereocenters. The van der Waals surface area contributed by atoms with E-state index in [1.54, 1.807) is 0 Å². The number of rotatable bonds is 6. The first-order chi connectivity index (χ1) is 13.9. The van der Waals surface area contributed by atoms with Crippen LogP contribution in [0.4, 0.5) is 0 Å². The molecule has 3 heteroatoms. The maximum absolute atomic E-state index is 6.13. The van der Waals surface area contributed by atoms with Gasteiger partial charge >= 0.3 is 0 Å². The normalized spacial score (nSPS) is 18.6. The van der Waals surface area contributed by atoms with Gasteiger partial charge in [-0.15, -0.1) is 0 Å². The van der Waals surface area contributed by atoms with Crippen molar-refractivity contribution in [3.8, 4) is 16.9 Å². The molecule has 2 aliphatic rings. The second kappa shape index (κ2) is 8.47. The van der Waals surface area contributed by atoms with Crippen LogP contribution in [0.2, 0.25) is 0 Å². The van der Waals surface area contributed by atoms with Crippen molar-refractivity contribution in [1.29, 1.82) is 0 Å². The van der Waals surface area contributed by atoms with Gasteiger partial charge in [0.15, 0.2) is 0 Å². The molecular weight excluding hydrogens is 356 g/mol. The summed E-state index contributed by atoms with van der Waals surface area (Å²) in [5.74, 6) is 2.45. The maximum atomic E-state index is 6.13. The van der Waals surface area contributed by atoms with Crippen LogP contribution in [0.25, 0.3) is 11.1 Å². The Labute approximate surface area is 176 Å². The van der Waals surface area contributed by atoms with Gasteiger partial charge < -0.3 is 9.64 Å². The topological polar surface area (TPSA) is 25.4 Å². The zero-order valence-corrected chi connectivity index (χ0v) is 18.7. The summed E-state index contributed by atoms with van der Waals surface area (Å²) in [6, 6.07) is 9.44. The van der Waals surface area contributed by atoms with Crippen LogP contribution in [0, 0.1) is 0 Å². The van der Waals surface area contributed by atoms with E-state index in [2.05, 4.69) is 63.9 Å². The molecule has 1 aromatic carbocycles. The first-order valence-corrected chi connectivity index (χ1v) is 11.4. The number of hydrogen-bond acceptors (Lipinski definition) is 3. The highest BCUT2D eigenvalue weighted by Gasteiger charge is 2.26. The molecule has 1 saturated carbocycles. The zero-order valence-electron chi connectivity index (χ0n) is 18.7. The Kier molecular flexibility index (Phi) is 5.96. The molecule has 156 valence electrons. The van der Waals surface area contributed by atoms with E-state index < -0.39 is 0 Å². The molecule has 1 saturated heterocycles. The molecule has 1 aliphatic carbocycles. The average Bonchev–Trinajstić information content (AvgIpc) is 3.52. The standard InChI is InChI=1S/C26H36N2O/c1-17(2)20-6-9-23(19-10-12-28(5)13-11-19)24(14-20)25-15-22(29-21-7-8-21)16-27-26(25)18(3)4/h6,9,14-19,21H,7-8,10-13H2,1-5H3. The minimum absolute atomic E-state index is 0.382. The lowest BCUT2D eigenvalue weighted by molar-refractivity contribution is 0.255. The molecular formula is C26H36N2O. The molecule has 29 heavy (non-hydrogen) atoms. The van der Waals surface area contributed by atoms with Crippen molar-refractivity contribution in [3.63, 3.8) is 0 Å². The van der Waals surface area contributed by atoms with E-state index in [-0.39, 0.29) is 0 Å². The van der Waals surface area contributed by atoms with Crippen molar-refractivity contribution in [2.75, 3.05) is 20.1 Å². The van der Waals surface area contributed by atoms with Crippen molar-refractivity contribution in [1.82, 2.24) is 9.88 Å². The van der Waals surface area contributed by atoms with Gasteiger partial charge in [-0.05, 0) is 86.3 Å². The highest BCUT2D eigenvalue weighted by molar-refractivity contribution is 5.73. The molecule has 4 rings (SSSR count). The van der Waals surface area contributed by atoms with E-state index in [4.69, 9.17) is 9.72 Å². The fourth-order valence-corrected chi connectivity index (χ4v) is 4.42. The van der Waals surface area contributed by atoms with Crippen molar-refractivity contribution in [3.05, 3.63) is 47.3 Å². The summed E-state index contributed by atoms with van der Waals surface area (Å²) in [4.78, 5) is 7.32. The molecule has 0 N–H and O–H groups in total. The summed E-state index contributed by atoms with van der Waals surface area (Å²) in [6.45, 7) is 11.4. The van der Waals surface area contributed by atoms with Gasteiger partial charge in [0.1, 0.15) is 5.75 Å². The minimum Gasteiger partial charge on any atom is -0.489 e. The average molecular weight is 393 g/mol. The minimum atomic E-state index is 0.382. The van der Waals surface area contributed by atoms with Crippen molar-refractivity contribution >= 4 is 0 Å². The van der Waals surface area contributed by atoms with Crippen LogP contribution in [-0.2, 0) is 0 Å². The molecule has 2 fully saturated rings. The Morgan fingerprint density at radius 1 is 0.931 bits per heavy atom. The third-order valence-electron chi connectivity index (χ3n) is 6.46. The van der Waals surface area contributed by atoms with Gasteiger partial charge in [0.05, 0.1) is 18.0 Å². The predicted octanol–water partition coefficient (Wildman–Crippen LogP) is 6.35. The smallest absolute Gasteiger partial charge is 0.138 e. The lowest BCUT2D eigenvalue weighted by Gasteiger charge is -2.31. The third kappa shape index (κ3) is 4.66. The summed E-state index contributed by atoms with van der Waals surface area (Å²) in [6.07, 6.45) is 7.12. The second-order valence-corrected chi connectivity index (χ2v) is 9.65. The van der Waals surface area contributed by atoms with Crippen LogP contribution in [0.15, 0.2) is 30.5 Å². The molecule has 1 aliphatic heterocycles. The van der Waals surface area contributed by atoms with E-state index in [1.807, 2.05) is 6.20 Å². The number of ether oxygens (including phenoxy) is 1. The summed E-state index contributed by atoms with van der Waals surface area (Å²) in [5, 5.41) is 0. The number of benzene rings is 1. The Balaban J connectivity index is 1.81. The van der Waals surface area contributed by atoms with Crippen LogP contribution < -0.4 is 4.74 Å². The SMILES string of the molecule is CC(C)c1ccc(C2CCN(C)CC2)c(-c2cc(OC3CC3)cnc2C(C)C)c1. The quantitative estimate of drug-likeness (QED) is 0.573. The molecule has 0 spiro atoms. The zero-order chi connectivity index (χ0) is 20.5. The molecule has 0 atom stereocenters. The Morgan fingerprint density at radius 2 is 1.66 bits per heavy atom. The van der Waals surface area contributed by atoms with Crippen molar-refractivity contribution in [2.45, 2.75) is 77.2 Å². The van der Waals surface area contributed by atoms with Gasteiger partial charge in [-0.1, -0.05) is 45.9 Å². The highest BCUT2D eigenvalue weighted by atomic mass is 16.5. The van der Waals surface area contributed by atoms with E-state index >= 15 is 0 Å². The molecule has 0 amide bonds. The predicted molar refractivity (Wildman–Crippen MR) is 121 cm³/mol. The van der Waals surface area contributed by atoms with Gasteiger partial charge in [-0.25, -0.2) is 0 Å².